The summed E-state index contributed by atoms with van der Waals surface area (Å²) in [5.41, 5.74) is 1.24. The Kier molecular flexibility index (Phi) is 8.24. The predicted molar refractivity (Wildman–Crippen MR) is 123 cm³/mol. The van der Waals surface area contributed by atoms with E-state index < -0.39 is 0 Å². The Bertz CT molecular complexity index is 1050. The largest absolute Gasteiger partial charge is 0.497 e. The van der Waals surface area contributed by atoms with Crippen LogP contribution in [0.25, 0.3) is 0 Å². The number of amides is 2. The first-order chi connectivity index (χ1) is 15.9. The summed E-state index contributed by atoms with van der Waals surface area (Å²) in [6.07, 6.45) is 1.55. The highest BCUT2D eigenvalue weighted by molar-refractivity contribution is 5.96. The average Bonchev–Trinajstić information content (AvgIpc) is 3.32. The second kappa shape index (κ2) is 11.3. The smallest absolute Gasteiger partial charge is 0.254 e. The normalized spacial score (nSPS) is 10.8. The molecule has 0 atom stereocenters. The number of methoxy groups -OCH3 is 1. The average molecular weight is 453 g/mol. The van der Waals surface area contributed by atoms with E-state index in [4.69, 9.17) is 9.15 Å². The molecule has 0 spiro atoms. The molecule has 0 unspecified atom stereocenters. The molecule has 3 rings (SSSR count). The zero-order valence-corrected chi connectivity index (χ0v) is 19.2. The quantitative estimate of drug-likeness (QED) is 0.445. The van der Waals surface area contributed by atoms with Crippen LogP contribution in [0.1, 0.15) is 35.5 Å². The number of ether oxygens (including phenoxy) is 1. The van der Waals surface area contributed by atoms with Gasteiger partial charge < -0.3 is 19.0 Å². The highest BCUT2D eigenvalue weighted by atomic mass is 19.1. The van der Waals surface area contributed by atoms with Crippen molar-refractivity contribution in [3.63, 3.8) is 0 Å². The molecule has 0 aliphatic rings. The van der Waals surface area contributed by atoms with Gasteiger partial charge in [-0.05, 0) is 53.9 Å². The van der Waals surface area contributed by atoms with Gasteiger partial charge in [0.2, 0.25) is 5.91 Å². The van der Waals surface area contributed by atoms with Gasteiger partial charge in [0.15, 0.2) is 0 Å². The highest BCUT2D eigenvalue weighted by Crippen LogP contribution is 2.17. The van der Waals surface area contributed by atoms with Crippen molar-refractivity contribution in [3.05, 3.63) is 89.6 Å². The van der Waals surface area contributed by atoms with Gasteiger partial charge in [-0.2, -0.15) is 0 Å². The van der Waals surface area contributed by atoms with Crippen LogP contribution >= 0.6 is 0 Å². The van der Waals surface area contributed by atoms with Gasteiger partial charge in [0.05, 0.1) is 19.9 Å². The third-order valence-corrected chi connectivity index (χ3v) is 5.08. The lowest BCUT2D eigenvalue weighted by Gasteiger charge is -2.28. The first-order valence-electron chi connectivity index (χ1n) is 10.8. The zero-order chi connectivity index (χ0) is 23.8. The fourth-order valence-corrected chi connectivity index (χ4v) is 3.50. The summed E-state index contributed by atoms with van der Waals surface area (Å²) in [5.74, 6) is 0.563. The fraction of sp³-hybridized carbons (Fsp3) is 0.308. The summed E-state index contributed by atoms with van der Waals surface area (Å²) in [6.45, 7) is 4.84. The number of rotatable bonds is 10. The second-order valence-corrected chi connectivity index (χ2v) is 8.27. The third kappa shape index (κ3) is 6.94. The van der Waals surface area contributed by atoms with Crippen molar-refractivity contribution in [2.75, 3.05) is 20.2 Å². The Morgan fingerprint density at radius 3 is 2.39 bits per heavy atom. The van der Waals surface area contributed by atoms with Gasteiger partial charge in [0.25, 0.3) is 5.91 Å². The fourth-order valence-electron chi connectivity index (χ4n) is 3.50. The molecule has 0 N–H and O–H groups in total. The number of nitrogens with zero attached hydrogens (tertiary/aromatic N) is 2. The molecule has 174 valence electrons. The molecule has 0 aliphatic heterocycles. The number of hydrogen-bond donors (Lipinski definition) is 0. The molecule has 0 saturated heterocycles. The molecular weight excluding hydrogens is 423 g/mol. The standard InChI is InChI=1S/C26H29FN2O4/c1-19(2)15-29(26(31)21-6-4-7-23(14-21)32-3)18-25(30)28(17-24-8-5-13-33-24)16-20-9-11-22(27)12-10-20/h4-14,19H,15-18H2,1-3H3. The molecule has 0 saturated carbocycles. The van der Waals surface area contributed by atoms with Crippen molar-refractivity contribution < 1.29 is 23.1 Å². The predicted octanol–water partition coefficient (Wildman–Crippen LogP) is 4.75. The van der Waals surface area contributed by atoms with E-state index in [0.29, 0.717) is 23.6 Å². The number of halogens is 1. The Morgan fingerprint density at radius 2 is 1.76 bits per heavy atom. The molecule has 33 heavy (non-hydrogen) atoms. The van der Waals surface area contributed by atoms with Gasteiger partial charge in [-0.3, -0.25) is 9.59 Å². The topological polar surface area (TPSA) is 63.0 Å². The van der Waals surface area contributed by atoms with Crippen LogP contribution in [0, 0.1) is 11.7 Å². The van der Waals surface area contributed by atoms with Crippen LogP contribution in [0.5, 0.6) is 5.75 Å². The van der Waals surface area contributed by atoms with Crippen LogP contribution in [-0.4, -0.2) is 41.8 Å². The third-order valence-electron chi connectivity index (χ3n) is 5.08. The SMILES string of the molecule is COc1cccc(C(=O)N(CC(=O)N(Cc2ccc(F)cc2)Cc2ccco2)CC(C)C)c1. The molecule has 0 aliphatic carbocycles. The molecule has 0 radical (unpaired) electrons. The molecule has 1 aromatic heterocycles. The lowest BCUT2D eigenvalue weighted by molar-refractivity contribution is -0.133. The van der Waals surface area contributed by atoms with Crippen molar-refractivity contribution in [2.45, 2.75) is 26.9 Å². The van der Waals surface area contributed by atoms with Crippen LogP contribution < -0.4 is 4.74 Å². The van der Waals surface area contributed by atoms with Crippen molar-refractivity contribution in [1.29, 1.82) is 0 Å². The first kappa shape index (κ1) is 24.0. The number of carbonyl (C=O) groups excluding carboxylic acids is 2. The minimum Gasteiger partial charge on any atom is -0.497 e. The van der Waals surface area contributed by atoms with E-state index in [1.807, 2.05) is 13.8 Å². The molecule has 6 nitrogen and oxygen atoms in total. The first-order valence-corrected chi connectivity index (χ1v) is 10.8. The minimum absolute atomic E-state index is 0.0872. The lowest BCUT2D eigenvalue weighted by Crippen LogP contribution is -2.43. The Balaban J connectivity index is 1.81. The van der Waals surface area contributed by atoms with Gasteiger partial charge in [-0.15, -0.1) is 0 Å². The minimum atomic E-state index is -0.338. The molecule has 7 heteroatoms. The highest BCUT2D eigenvalue weighted by Gasteiger charge is 2.24. The molecular formula is C26H29FN2O4. The second-order valence-electron chi connectivity index (χ2n) is 8.27. The lowest BCUT2D eigenvalue weighted by atomic mass is 10.1. The molecule has 1 heterocycles. The molecule has 0 fully saturated rings. The maximum Gasteiger partial charge on any atom is 0.254 e. The van der Waals surface area contributed by atoms with Crippen LogP contribution in [0.2, 0.25) is 0 Å². The maximum atomic E-state index is 13.4. The monoisotopic (exact) mass is 452 g/mol. The van der Waals surface area contributed by atoms with Crippen LogP contribution in [0.15, 0.2) is 71.3 Å². The van der Waals surface area contributed by atoms with Gasteiger partial charge in [0.1, 0.15) is 23.9 Å². The summed E-state index contributed by atoms with van der Waals surface area (Å²) < 4.78 is 24.0. The van der Waals surface area contributed by atoms with Gasteiger partial charge in [-0.25, -0.2) is 4.39 Å². The summed E-state index contributed by atoms with van der Waals surface area (Å²) in [5, 5.41) is 0. The van der Waals surface area contributed by atoms with Crippen LogP contribution in [0.4, 0.5) is 4.39 Å². The van der Waals surface area contributed by atoms with Crippen molar-refractivity contribution in [2.24, 2.45) is 5.92 Å². The number of benzene rings is 2. The van der Waals surface area contributed by atoms with E-state index in [1.165, 1.54) is 12.1 Å². The maximum absolute atomic E-state index is 13.4. The van der Waals surface area contributed by atoms with Crippen LogP contribution in [0.3, 0.4) is 0 Å². The van der Waals surface area contributed by atoms with Crippen molar-refractivity contribution >= 4 is 11.8 Å². The van der Waals surface area contributed by atoms with E-state index in [0.717, 1.165) is 5.56 Å². The van der Waals surface area contributed by atoms with Gasteiger partial charge >= 0.3 is 0 Å². The van der Waals surface area contributed by atoms with Gasteiger partial charge in [-0.1, -0.05) is 32.0 Å². The number of furan rings is 1. The number of hydrogen-bond acceptors (Lipinski definition) is 4. The van der Waals surface area contributed by atoms with E-state index in [9.17, 15) is 14.0 Å². The molecule has 2 amide bonds. The Hall–Kier alpha value is -3.61. The van der Waals surface area contributed by atoms with E-state index >= 15 is 0 Å². The summed E-state index contributed by atoms with van der Waals surface area (Å²) >= 11 is 0. The molecule has 3 aromatic rings. The molecule has 0 bridgehead atoms. The van der Waals surface area contributed by atoms with E-state index in [2.05, 4.69) is 0 Å². The van der Waals surface area contributed by atoms with Gasteiger partial charge in [0, 0.05) is 18.7 Å². The summed E-state index contributed by atoms with van der Waals surface area (Å²) in [4.78, 5) is 29.8. The zero-order valence-electron chi connectivity index (χ0n) is 19.2. The summed E-state index contributed by atoms with van der Waals surface area (Å²) in [7, 11) is 1.54. The number of carbonyl (C=O) groups is 2. The summed E-state index contributed by atoms with van der Waals surface area (Å²) in [6, 6.07) is 16.5. The van der Waals surface area contributed by atoms with E-state index in [-0.39, 0.29) is 43.2 Å². The van der Waals surface area contributed by atoms with Crippen LogP contribution in [-0.2, 0) is 17.9 Å². The Labute approximate surface area is 193 Å². The van der Waals surface area contributed by atoms with Crippen molar-refractivity contribution in [3.8, 4) is 5.75 Å². The Morgan fingerprint density at radius 1 is 1.00 bits per heavy atom. The molecule has 2 aromatic carbocycles. The van der Waals surface area contributed by atoms with E-state index in [1.54, 1.807) is 71.7 Å². The van der Waals surface area contributed by atoms with Crippen molar-refractivity contribution in [1.82, 2.24) is 9.80 Å².